The van der Waals surface area contributed by atoms with Crippen molar-refractivity contribution in [2.24, 2.45) is 0 Å². The predicted molar refractivity (Wildman–Crippen MR) is 50.1 cm³/mol. The quantitative estimate of drug-likeness (QED) is 0.389. The lowest BCUT2D eigenvalue weighted by atomic mass is 10.2. The highest BCUT2D eigenvalue weighted by Crippen LogP contribution is 2.01. The van der Waals surface area contributed by atoms with Gasteiger partial charge in [-0.15, -0.1) is 0 Å². The van der Waals surface area contributed by atoms with Crippen LogP contribution in [0.25, 0.3) is 0 Å². The standard InChI is InChI=1S/C10H16O2/c1-3-4-5-6-7-8-9(2)10(11)12/h3-4,8H,5-7H2,1-2H3,(H,11,12)/b4-3+,9-8+. The minimum absolute atomic E-state index is 0.440. The van der Waals surface area contributed by atoms with Crippen LogP contribution in [0, 0.1) is 0 Å². The number of hydrogen-bond acceptors (Lipinski definition) is 1. The Morgan fingerprint density at radius 1 is 1.42 bits per heavy atom. The van der Waals surface area contributed by atoms with Crippen LogP contribution in [0.3, 0.4) is 0 Å². The number of carboxylic acid groups (broad SMARTS) is 1. The van der Waals surface area contributed by atoms with Crippen molar-refractivity contribution >= 4 is 5.97 Å². The molecule has 0 spiro atoms. The Kier molecular flexibility index (Phi) is 6.07. The van der Waals surface area contributed by atoms with Crippen molar-refractivity contribution in [2.45, 2.75) is 33.1 Å². The molecule has 0 bridgehead atoms. The van der Waals surface area contributed by atoms with Crippen LogP contribution in [0.2, 0.25) is 0 Å². The van der Waals surface area contributed by atoms with E-state index in [4.69, 9.17) is 5.11 Å². The first-order valence-electron chi connectivity index (χ1n) is 4.19. The van der Waals surface area contributed by atoms with Crippen molar-refractivity contribution in [3.63, 3.8) is 0 Å². The van der Waals surface area contributed by atoms with Crippen LogP contribution >= 0.6 is 0 Å². The van der Waals surface area contributed by atoms with Crippen molar-refractivity contribution in [3.8, 4) is 0 Å². The van der Waals surface area contributed by atoms with Crippen LogP contribution in [-0.2, 0) is 4.79 Å². The van der Waals surface area contributed by atoms with Crippen LogP contribution in [0.4, 0.5) is 0 Å². The van der Waals surface area contributed by atoms with Gasteiger partial charge in [0, 0.05) is 5.57 Å². The molecule has 0 fully saturated rings. The molecule has 0 rings (SSSR count). The van der Waals surface area contributed by atoms with Gasteiger partial charge in [-0.2, -0.15) is 0 Å². The molecule has 2 heteroatoms. The van der Waals surface area contributed by atoms with Crippen molar-refractivity contribution in [1.82, 2.24) is 0 Å². The zero-order valence-electron chi connectivity index (χ0n) is 7.71. The van der Waals surface area contributed by atoms with Gasteiger partial charge in [-0.3, -0.25) is 0 Å². The Labute approximate surface area is 73.6 Å². The number of allylic oxidation sites excluding steroid dienone is 3. The maximum atomic E-state index is 10.3. The molecule has 0 aliphatic carbocycles. The molecule has 0 aromatic rings. The van der Waals surface area contributed by atoms with Gasteiger partial charge < -0.3 is 5.11 Å². The third-order valence-electron chi connectivity index (χ3n) is 1.60. The molecule has 0 saturated carbocycles. The maximum absolute atomic E-state index is 10.3. The largest absolute Gasteiger partial charge is 0.478 e. The molecule has 0 unspecified atom stereocenters. The molecule has 0 aromatic carbocycles. The van der Waals surface area contributed by atoms with Crippen LogP contribution in [0.1, 0.15) is 33.1 Å². The van der Waals surface area contributed by atoms with Gasteiger partial charge >= 0.3 is 5.97 Å². The van der Waals surface area contributed by atoms with Crippen molar-refractivity contribution < 1.29 is 9.90 Å². The molecule has 0 aliphatic rings. The fourth-order valence-corrected chi connectivity index (χ4v) is 0.808. The highest BCUT2D eigenvalue weighted by atomic mass is 16.4. The van der Waals surface area contributed by atoms with Gasteiger partial charge in [0.25, 0.3) is 0 Å². The molecule has 0 atom stereocenters. The first-order valence-corrected chi connectivity index (χ1v) is 4.19. The summed E-state index contributed by atoms with van der Waals surface area (Å²) in [4.78, 5) is 10.3. The zero-order chi connectivity index (χ0) is 9.40. The summed E-state index contributed by atoms with van der Waals surface area (Å²) in [5.74, 6) is -0.818. The molecule has 0 radical (unpaired) electrons. The van der Waals surface area contributed by atoms with E-state index in [0.717, 1.165) is 19.3 Å². The van der Waals surface area contributed by atoms with Gasteiger partial charge in [0.15, 0.2) is 0 Å². The number of rotatable bonds is 5. The van der Waals surface area contributed by atoms with Crippen molar-refractivity contribution in [2.75, 3.05) is 0 Å². The molecular formula is C10H16O2. The summed E-state index contributed by atoms with van der Waals surface area (Å²) in [7, 11) is 0. The third-order valence-corrected chi connectivity index (χ3v) is 1.60. The second-order valence-corrected chi connectivity index (χ2v) is 2.69. The molecule has 0 saturated heterocycles. The molecule has 1 N–H and O–H groups in total. The molecule has 12 heavy (non-hydrogen) atoms. The summed E-state index contributed by atoms with van der Waals surface area (Å²) in [5, 5.41) is 8.50. The summed E-state index contributed by atoms with van der Waals surface area (Å²) >= 11 is 0. The second kappa shape index (κ2) is 6.65. The number of hydrogen-bond donors (Lipinski definition) is 1. The Balaban J connectivity index is 3.53. The fourth-order valence-electron chi connectivity index (χ4n) is 0.808. The van der Waals surface area contributed by atoms with E-state index in [0.29, 0.717) is 5.57 Å². The molecule has 0 amide bonds. The van der Waals surface area contributed by atoms with Crippen LogP contribution in [-0.4, -0.2) is 11.1 Å². The lowest BCUT2D eigenvalue weighted by molar-refractivity contribution is -0.132. The SMILES string of the molecule is C/C=C/CCC/C=C(\C)C(=O)O. The molecule has 68 valence electrons. The van der Waals surface area contributed by atoms with Crippen LogP contribution < -0.4 is 0 Å². The number of aliphatic carboxylic acids is 1. The Morgan fingerprint density at radius 2 is 2.08 bits per heavy atom. The summed E-state index contributed by atoms with van der Waals surface area (Å²) in [5.41, 5.74) is 0.440. The summed E-state index contributed by atoms with van der Waals surface area (Å²) in [6, 6.07) is 0. The minimum Gasteiger partial charge on any atom is -0.478 e. The van der Waals surface area contributed by atoms with Gasteiger partial charge in [-0.25, -0.2) is 4.79 Å². The normalized spacial score (nSPS) is 12.3. The Bertz CT molecular complexity index is 190. The van der Waals surface area contributed by atoms with E-state index in [1.165, 1.54) is 0 Å². The zero-order valence-corrected chi connectivity index (χ0v) is 7.71. The molecule has 0 aromatic heterocycles. The van der Waals surface area contributed by atoms with Gasteiger partial charge in [0.2, 0.25) is 0 Å². The van der Waals surface area contributed by atoms with E-state index in [1.54, 1.807) is 13.0 Å². The molecular weight excluding hydrogens is 152 g/mol. The number of unbranched alkanes of at least 4 members (excludes halogenated alkanes) is 2. The highest BCUT2D eigenvalue weighted by molar-refractivity contribution is 5.85. The summed E-state index contributed by atoms with van der Waals surface area (Å²) < 4.78 is 0. The minimum atomic E-state index is -0.818. The number of carbonyl (C=O) groups is 1. The van der Waals surface area contributed by atoms with Gasteiger partial charge in [-0.05, 0) is 33.1 Å². The van der Waals surface area contributed by atoms with Gasteiger partial charge in [0.05, 0.1) is 0 Å². The lowest BCUT2D eigenvalue weighted by Crippen LogP contribution is -1.95. The van der Waals surface area contributed by atoms with E-state index in [9.17, 15) is 4.79 Å². The van der Waals surface area contributed by atoms with E-state index in [2.05, 4.69) is 6.08 Å². The summed E-state index contributed by atoms with van der Waals surface area (Å²) in [6.07, 6.45) is 8.76. The second-order valence-electron chi connectivity index (χ2n) is 2.69. The first kappa shape index (κ1) is 11.0. The molecule has 0 aliphatic heterocycles. The van der Waals surface area contributed by atoms with Crippen LogP contribution in [0.5, 0.6) is 0 Å². The van der Waals surface area contributed by atoms with E-state index >= 15 is 0 Å². The lowest BCUT2D eigenvalue weighted by Gasteiger charge is -1.92. The average Bonchev–Trinajstić information content (AvgIpc) is 2.03. The van der Waals surface area contributed by atoms with Crippen molar-refractivity contribution in [3.05, 3.63) is 23.8 Å². The van der Waals surface area contributed by atoms with Gasteiger partial charge in [0.1, 0.15) is 0 Å². The average molecular weight is 168 g/mol. The monoisotopic (exact) mass is 168 g/mol. The maximum Gasteiger partial charge on any atom is 0.330 e. The smallest absolute Gasteiger partial charge is 0.330 e. The molecule has 0 heterocycles. The predicted octanol–water partition coefficient (Wildman–Crippen LogP) is 2.76. The fraction of sp³-hybridized carbons (Fsp3) is 0.500. The highest BCUT2D eigenvalue weighted by Gasteiger charge is 1.96. The third kappa shape index (κ3) is 5.71. The Morgan fingerprint density at radius 3 is 2.58 bits per heavy atom. The topological polar surface area (TPSA) is 37.3 Å². The van der Waals surface area contributed by atoms with Crippen molar-refractivity contribution in [1.29, 1.82) is 0 Å². The van der Waals surface area contributed by atoms with Crippen LogP contribution in [0.15, 0.2) is 23.8 Å². The van der Waals surface area contributed by atoms with E-state index < -0.39 is 5.97 Å². The molecule has 2 nitrogen and oxygen atoms in total. The van der Waals surface area contributed by atoms with Gasteiger partial charge in [-0.1, -0.05) is 18.2 Å². The van der Waals surface area contributed by atoms with E-state index in [1.807, 2.05) is 13.0 Å². The Hall–Kier alpha value is -1.05. The summed E-state index contributed by atoms with van der Waals surface area (Å²) in [6.45, 7) is 3.61. The number of carboxylic acids is 1. The first-order chi connectivity index (χ1) is 5.68. The van der Waals surface area contributed by atoms with E-state index in [-0.39, 0.29) is 0 Å².